The van der Waals surface area contributed by atoms with E-state index in [1.165, 1.54) is 12.1 Å². The zero-order valence-electron chi connectivity index (χ0n) is 15.4. The molecule has 9 heteroatoms. The number of imidazole rings is 1. The zero-order valence-corrected chi connectivity index (χ0v) is 16.2. The number of aryl methyl sites for hydroxylation is 1. The molecule has 1 aromatic heterocycles. The van der Waals surface area contributed by atoms with Crippen LogP contribution in [0.2, 0.25) is 0 Å². The summed E-state index contributed by atoms with van der Waals surface area (Å²) in [6.45, 7) is 3.89. The molecule has 1 saturated heterocycles. The number of halogens is 1. The molecule has 1 fully saturated rings. The molecule has 0 amide bonds. The topological polar surface area (TPSA) is 76.5 Å². The van der Waals surface area contributed by atoms with Gasteiger partial charge in [0.25, 0.3) is 10.0 Å². The van der Waals surface area contributed by atoms with Crippen molar-refractivity contribution in [3.8, 4) is 0 Å². The van der Waals surface area contributed by atoms with Crippen LogP contribution in [0.15, 0.2) is 47.4 Å². The van der Waals surface area contributed by atoms with Gasteiger partial charge in [-0.05, 0) is 42.5 Å². The largest absolute Gasteiger partial charge is 0.379 e. The second kappa shape index (κ2) is 7.50. The smallest absolute Gasteiger partial charge is 0.261 e. The first-order chi connectivity index (χ1) is 13.4. The van der Waals surface area contributed by atoms with Crippen molar-refractivity contribution in [2.45, 2.75) is 11.4 Å². The third-order valence-electron chi connectivity index (χ3n) is 4.82. The van der Waals surface area contributed by atoms with Gasteiger partial charge in [-0.15, -0.1) is 0 Å². The Kier molecular flexibility index (Phi) is 5.05. The van der Waals surface area contributed by atoms with E-state index in [-0.39, 0.29) is 4.90 Å². The van der Waals surface area contributed by atoms with Crippen LogP contribution in [0.4, 0.5) is 10.1 Å². The Morgan fingerprint density at radius 1 is 1.14 bits per heavy atom. The number of morpholine rings is 1. The predicted molar refractivity (Wildman–Crippen MR) is 104 cm³/mol. The van der Waals surface area contributed by atoms with E-state index in [2.05, 4.69) is 14.6 Å². The van der Waals surface area contributed by atoms with Crippen LogP contribution in [-0.4, -0.2) is 49.2 Å². The highest BCUT2D eigenvalue weighted by molar-refractivity contribution is 7.92. The van der Waals surface area contributed by atoms with Gasteiger partial charge >= 0.3 is 0 Å². The Hall–Kier alpha value is -2.49. The van der Waals surface area contributed by atoms with Crippen LogP contribution in [0.1, 0.15) is 5.82 Å². The summed E-state index contributed by atoms with van der Waals surface area (Å²) in [6.07, 6.45) is 0. The number of nitrogens with zero attached hydrogens (tertiary/aromatic N) is 3. The molecular formula is C19H21FN4O3S. The highest BCUT2D eigenvalue weighted by Gasteiger charge is 2.17. The van der Waals surface area contributed by atoms with Gasteiger partial charge in [0.05, 0.1) is 41.4 Å². The van der Waals surface area contributed by atoms with Gasteiger partial charge in [0, 0.05) is 20.1 Å². The van der Waals surface area contributed by atoms with E-state index in [1.807, 2.05) is 17.7 Å². The van der Waals surface area contributed by atoms with Crippen molar-refractivity contribution < 1.29 is 17.5 Å². The van der Waals surface area contributed by atoms with Gasteiger partial charge in [0.15, 0.2) is 0 Å². The quantitative estimate of drug-likeness (QED) is 0.706. The minimum atomic E-state index is -3.80. The van der Waals surface area contributed by atoms with Crippen LogP contribution in [0, 0.1) is 5.82 Å². The highest BCUT2D eigenvalue weighted by Crippen LogP contribution is 2.23. The second-order valence-corrected chi connectivity index (χ2v) is 8.42. The summed E-state index contributed by atoms with van der Waals surface area (Å²) in [5, 5.41) is 0. The number of ether oxygens (including phenoxy) is 1. The van der Waals surface area contributed by atoms with E-state index in [0.717, 1.165) is 49.8 Å². The minimum Gasteiger partial charge on any atom is -0.379 e. The van der Waals surface area contributed by atoms with E-state index in [0.29, 0.717) is 17.7 Å². The van der Waals surface area contributed by atoms with E-state index >= 15 is 0 Å². The van der Waals surface area contributed by atoms with Gasteiger partial charge in [0.1, 0.15) is 11.6 Å². The first-order valence-electron chi connectivity index (χ1n) is 8.96. The molecule has 0 saturated carbocycles. The SMILES string of the molecule is Cn1c(CN2CCOCC2)nc2cc(NS(=O)(=O)c3ccc(F)cc3)ccc21. The molecule has 28 heavy (non-hydrogen) atoms. The van der Waals surface area contributed by atoms with E-state index < -0.39 is 15.8 Å². The molecule has 1 aliphatic rings. The number of rotatable bonds is 5. The maximum absolute atomic E-state index is 13.0. The second-order valence-electron chi connectivity index (χ2n) is 6.74. The average molecular weight is 404 g/mol. The molecule has 2 heterocycles. The molecule has 0 bridgehead atoms. The molecule has 0 unspecified atom stereocenters. The number of fused-ring (bicyclic) bond motifs is 1. The summed E-state index contributed by atoms with van der Waals surface area (Å²) in [5.74, 6) is 0.428. The van der Waals surface area contributed by atoms with Crippen molar-refractivity contribution in [2.75, 3.05) is 31.0 Å². The monoisotopic (exact) mass is 404 g/mol. The summed E-state index contributed by atoms with van der Waals surface area (Å²) < 4.78 is 48.0. The maximum atomic E-state index is 13.0. The lowest BCUT2D eigenvalue weighted by atomic mass is 10.3. The fraction of sp³-hybridized carbons (Fsp3) is 0.316. The van der Waals surface area contributed by atoms with Crippen molar-refractivity contribution in [2.24, 2.45) is 7.05 Å². The van der Waals surface area contributed by atoms with Crippen molar-refractivity contribution in [1.82, 2.24) is 14.5 Å². The van der Waals surface area contributed by atoms with E-state index in [9.17, 15) is 12.8 Å². The van der Waals surface area contributed by atoms with Crippen molar-refractivity contribution >= 4 is 26.7 Å². The molecule has 148 valence electrons. The van der Waals surface area contributed by atoms with Crippen LogP contribution in [0.25, 0.3) is 11.0 Å². The van der Waals surface area contributed by atoms with Gasteiger partial charge in [0.2, 0.25) is 0 Å². The lowest BCUT2D eigenvalue weighted by molar-refractivity contribution is 0.0328. The Labute approximate surface area is 162 Å². The van der Waals surface area contributed by atoms with Crippen LogP contribution in [0.3, 0.4) is 0 Å². The van der Waals surface area contributed by atoms with E-state index in [4.69, 9.17) is 4.74 Å². The molecule has 4 rings (SSSR count). The van der Waals surface area contributed by atoms with Gasteiger partial charge in [-0.2, -0.15) is 0 Å². The summed E-state index contributed by atoms with van der Waals surface area (Å²) in [5.41, 5.74) is 2.05. The van der Waals surface area contributed by atoms with E-state index in [1.54, 1.807) is 12.1 Å². The normalized spacial score (nSPS) is 15.8. The summed E-state index contributed by atoms with van der Waals surface area (Å²) in [6, 6.07) is 9.95. The number of aromatic nitrogens is 2. The zero-order chi connectivity index (χ0) is 19.7. The number of hydrogen-bond acceptors (Lipinski definition) is 5. The lowest BCUT2D eigenvalue weighted by Crippen LogP contribution is -2.36. The highest BCUT2D eigenvalue weighted by atomic mass is 32.2. The van der Waals surface area contributed by atoms with Gasteiger partial charge < -0.3 is 9.30 Å². The van der Waals surface area contributed by atoms with Gasteiger partial charge in [-0.3, -0.25) is 9.62 Å². The predicted octanol–water partition coefficient (Wildman–Crippen LogP) is 2.35. The van der Waals surface area contributed by atoms with Gasteiger partial charge in [-0.1, -0.05) is 0 Å². The van der Waals surface area contributed by atoms with Crippen LogP contribution < -0.4 is 4.72 Å². The summed E-state index contributed by atoms with van der Waals surface area (Å²) in [7, 11) is -1.85. The Bertz CT molecular complexity index is 1090. The molecule has 0 radical (unpaired) electrons. The molecule has 0 atom stereocenters. The molecule has 3 aromatic rings. The molecular weight excluding hydrogens is 383 g/mol. The summed E-state index contributed by atoms with van der Waals surface area (Å²) >= 11 is 0. The standard InChI is InChI=1S/C19H21FN4O3S/c1-23-18-7-4-15(22-28(25,26)16-5-2-14(20)3-6-16)12-17(18)21-19(23)13-24-8-10-27-11-9-24/h2-7,12,22H,8-11,13H2,1H3. The lowest BCUT2D eigenvalue weighted by Gasteiger charge is -2.26. The van der Waals surface area contributed by atoms with Crippen LogP contribution in [-0.2, 0) is 28.4 Å². The number of sulfonamides is 1. The van der Waals surface area contributed by atoms with Crippen molar-refractivity contribution in [3.63, 3.8) is 0 Å². The number of anilines is 1. The first kappa shape index (κ1) is 18.9. The fourth-order valence-electron chi connectivity index (χ4n) is 3.24. The number of benzene rings is 2. The molecule has 0 spiro atoms. The van der Waals surface area contributed by atoms with Gasteiger partial charge in [-0.25, -0.2) is 17.8 Å². The number of hydrogen-bond donors (Lipinski definition) is 1. The summed E-state index contributed by atoms with van der Waals surface area (Å²) in [4.78, 5) is 6.96. The minimum absolute atomic E-state index is 0.00280. The Morgan fingerprint density at radius 3 is 2.57 bits per heavy atom. The molecule has 1 N–H and O–H groups in total. The fourth-order valence-corrected chi connectivity index (χ4v) is 4.29. The maximum Gasteiger partial charge on any atom is 0.261 e. The molecule has 1 aliphatic heterocycles. The molecule has 0 aliphatic carbocycles. The molecule has 7 nitrogen and oxygen atoms in total. The Balaban J connectivity index is 1.58. The van der Waals surface area contributed by atoms with Crippen molar-refractivity contribution in [3.05, 3.63) is 54.1 Å². The first-order valence-corrected chi connectivity index (χ1v) is 10.4. The average Bonchev–Trinajstić information content (AvgIpc) is 2.97. The molecule has 2 aromatic carbocycles. The third-order valence-corrected chi connectivity index (χ3v) is 6.22. The Morgan fingerprint density at radius 2 is 1.86 bits per heavy atom. The van der Waals surface area contributed by atoms with Crippen molar-refractivity contribution in [1.29, 1.82) is 0 Å². The van der Waals surface area contributed by atoms with Crippen LogP contribution in [0.5, 0.6) is 0 Å². The number of nitrogens with one attached hydrogen (secondary N) is 1. The van der Waals surface area contributed by atoms with Crippen LogP contribution >= 0.6 is 0 Å². The third kappa shape index (κ3) is 3.87.